The van der Waals surface area contributed by atoms with Crippen LogP contribution in [0.1, 0.15) is 18.4 Å². The SMILES string of the molecule is COc1ccc(CCNC(=O)C2CCC(=O)N2C)cc1. The van der Waals surface area contributed by atoms with Gasteiger partial charge in [0, 0.05) is 20.0 Å². The minimum atomic E-state index is -0.307. The lowest BCUT2D eigenvalue weighted by atomic mass is 10.1. The van der Waals surface area contributed by atoms with Gasteiger partial charge in [-0.3, -0.25) is 9.59 Å². The molecule has 0 aliphatic carbocycles. The van der Waals surface area contributed by atoms with E-state index in [4.69, 9.17) is 4.74 Å². The van der Waals surface area contributed by atoms with Crippen molar-refractivity contribution < 1.29 is 14.3 Å². The molecule has 108 valence electrons. The van der Waals surface area contributed by atoms with Gasteiger partial charge in [-0.2, -0.15) is 0 Å². The van der Waals surface area contributed by atoms with Crippen LogP contribution in [0.5, 0.6) is 5.75 Å². The van der Waals surface area contributed by atoms with Crippen LogP contribution in [0.15, 0.2) is 24.3 Å². The largest absolute Gasteiger partial charge is 0.497 e. The quantitative estimate of drug-likeness (QED) is 0.872. The molecule has 1 N–H and O–H groups in total. The second-order valence-corrected chi connectivity index (χ2v) is 4.95. The normalized spacial score (nSPS) is 18.2. The van der Waals surface area contributed by atoms with Crippen LogP contribution in [0.3, 0.4) is 0 Å². The third-order valence-corrected chi connectivity index (χ3v) is 3.67. The van der Waals surface area contributed by atoms with Gasteiger partial charge in [0.2, 0.25) is 11.8 Å². The fourth-order valence-electron chi connectivity index (χ4n) is 2.35. The predicted octanol–water partition coefficient (Wildman–Crippen LogP) is 0.975. The fourth-order valence-corrected chi connectivity index (χ4v) is 2.35. The van der Waals surface area contributed by atoms with Crippen molar-refractivity contribution in [1.29, 1.82) is 0 Å². The number of methoxy groups -OCH3 is 1. The van der Waals surface area contributed by atoms with E-state index >= 15 is 0 Å². The van der Waals surface area contributed by atoms with Crippen molar-refractivity contribution in [2.75, 3.05) is 20.7 Å². The maximum Gasteiger partial charge on any atom is 0.242 e. The Bertz CT molecular complexity index is 484. The number of carbonyl (C=O) groups excluding carboxylic acids is 2. The monoisotopic (exact) mass is 276 g/mol. The first-order valence-electron chi connectivity index (χ1n) is 6.78. The zero-order valence-electron chi connectivity index (χ0n) is 11.9. The highest BCUT2D eigenvalue weighted by molar-refractivity contribution is 5.90. The summed E-state index contributed by atoms with van der Waals surface area (Å²) in [6, 6.07) is 7.46. The third-order valence-electron chi connectivity index (χ3n) is 3.67. The summed E-state index contributed by atoms with van der Waals surface area (Å²) in [5, 5.41) is 2.89. The smallest absolute Gasteiger partial charge is 0.242 e. The second-order valence-electron chi connectivity index (χ2n) is 4.95. The van der Waals surface area contributed by atoms with Crippen LogP contribution in [-0.2, 0) is 16.0 Å². The molecule has 1 saturated heterocycles. The van der Waals surface area contributed by atoms with Gasteiger partial charge in [-0.1, -0.05) is 12.1 Å². The topological polar surface area (TPSA) is 58.6 Å². The minimum absolute atomic E-state index is 0.0419. The van der Waals surface area contributed by atoms with Gasteiger partial charge in [-0.05, 0) is 30.5 Å². The van der Waals surface area contributed by atoms with Crippen molar-refractivity contribution in [2.45, 2.75) is 25.3 Å². The molecule has 1 aliphatic rings. The van der Waals surface area contributed by atoms with Crippen molar-refractivity contribution in [3.8, 4) is 5.75 Å². The van der Waals surface area contributed by atoms with Gasteiger partial charge in [-0.15, -0.1) is 0 Å². The number of hydrogen-bond acceptors (Lipinski definition) is 3. The number of nitrogens with zero attached hydrogens (tertiary/aromatic N) is 1. The molecule has 5 heteroatoms. The summed E-state index contributed by atoms with van der Waals surface area (Å²) in [6.45, 7) is 0.573. The van der Waals surface area contributed by atoms with Crippen LogP contribution in [0, 0.1) is 0 Å². The summed E-state index contributed by atoms with van der Waals surface area (Å²) in [7, 11) is 3.32. The van der Waals surface area contributed by atoms with Crippen LogP contribution >= 0.6 is 0 Å². The molecular formula is C15H20N2O3. The average molecular weight is 276 g/mol. The third kappa shape index (κ3) is 3.29. The Kier molecular flexibility index (Phi) is 4.61. The molecule has 0 bridgehead atoms. The lowest BCUT2D eigenvalue weighted by Gasteiger charge is -2.19. The van der Waals surface area contributed by atoms with Crippen LogP contribution in [0.2, 0.25) is 0 Å². The molecule has 5 nitrogen and oxygen atoms in total. The number of benzene rings is 1. The van der Waals surface area contributed by atoms with Crippen molar-refractivity contribution in [3.63, 3.8) is 0 Å². The maximum absolute atomic E-state index is 12.0. The number of rotatable bonds is 5. The summed E-state index contributed by atoms with van der Waals surface area (Å²) < 4.78 is 5.09. The zero-order valence-corrected chi connectivity index (χ0v) is 11.9. The van der Waals surface area contributed by atoms with Gasteiger partial charge in [0.1, 0.15) is 11.8 Å². The van der Waals surface area contributed by atoms with Crippen molar-refractivity contribution in [1.82, 2.24) is 10.2 Å². The molecule has 2 amide bonds. The highest BCUT2D eigenvalue weighted by atomic mass is 16.5. The summed E-state index contributed by atoms with van der Waals surface area (Å²) >= 11 is 0. The Morgan fingerprint density at radius 1 is 1.40 bits per heavy atom. The highest BCUT2D eigenvalue weighted by Crippen LogP contribution is 2.16. The van der Waals surface area contributed by atoms with Crippen molar-refractivity contribution in [2.24, 2.45) is 0 Å². The van der Waals surface area contributed by atoms with Crippen molar-refractivity contribution >= 4 is 11.8 Å². The number of ether oxygens (including phenoxy) is 1. The number of hydrogen-bond donors (Lipinski definition) is 1. The fraction of sp³-hybridized carbons (Fsp3) is 0.467. The summed E-state index contributed by atoms with van der Waals surface area (Å²) in [6.07, 6.45) is 1.84. The molecule has 0 radical (unpaired) electrons. The number of likely N-dealkylation sites (tertiary alicyclic amines) is 1. The molecule has 0 aromatic heterocycles. The van der Waals surface area contributed by atoms with E-state index in [-0.39, 0.29) is 17.9 Å². The van der Waals surface area contributed by atoms with Crippen LogP contribution in [-0.4, -0.2) is 43.5 Å². The van der Waals surface area contributed by atoms with Gasteiger partial charge >= 0.3 is 0 Å². The maximum atomic E-state index is 12.0. The van der Waals surface area contributed by atoms with E-state index in [1.165, 1.54) is 4.90 Å². The van der Waals surface area contributed by atoms with Crippen LogP contribution in [0.4, 0.5) is 0 Å². The van der Waals surface area contributed by atoms with Gasteiger partial charge in [0.05, 0.1) is 7.11 Å². The molecule has 1 unspecified atom stereocenters. The molecule has 1 aliphatic heterocycles. The van der Waals surface area contributed by atoms with E-state index < -0.39 is 0 Å². The first kappa shape index (κ1) is 14.4. The van der Waals surface area contributed by atoms with E-state index in [2.05, 4.69) is 5.32 Å². The molecule has 1 atom stereocenters. The lowest BCUT2D eigenvalue weighted by Crippen LogP contribution is -2.43. The Morgan fingerprint density at radius 2 is 2.10 bits per heavy atom. The molecular weight excluding hydrogens is 256 g/mol. The number of likely N-dealkylation sites (N-methyl/N-ethyl adjacent to an activating group) is 1. The molecule has 1 aromatic rings. The zero-order chi connectivity index (χ0) is 14.5. The van der Waals surface area contributed by atoms with E-state index in [1.54, 1.807) is 14.2 Å². The van der Waals surface area contributed by atoms with Crippen molar-refractivity contribution in [3.05, 3.63) is 29.8 Å². The van der Waals surface area contributed by atoms with Gasteiger partial charge in [-0.25, -0.2) is 0 Å². The Balaban J connectivity index is 1.77. The summed E-state index contributed by atoms with van der Waals surface area (Å²) in [5.41, 5.74) is 1.14. The minimum Gasteiger partial charge on any atom is -0.497 e. The molecule has 2 rings (SSSR count). The second kappa shape index (κ2) is 6.41. The lowest BCUT2D eigenvalue weighted by molar-refractivity contribution is -0.133. The van der Waals surface area contributed by atoms with Gasteiger partial charge in [0.25, 0.3) is 0 Å². The highest BCUT2D eigenvalue weighted by Gasteiger charge is 2.32. The Hall–Kier alpha value is -2.04. The van der Waals surface area contributed by atoms with E-state index in [9.17, 15) is 9.59 Å². The van der Waals surface area contributed by atoms with E-state index in [0.717, 1.165) is 17.7 Å². The predicted molar refractivity (Wildman–Crippen MR) is 75.5 cm³/mol. The van der Waals surface area contributed by atoms with Crippen LogP contribution in [0.25, 0.3) is 0 Å². The molecule has 1 fully saturated rings. The average Bonchev–Trinajstić information content (AvgIpc) is 2.80. The van der Waals surface area contributed by atoms with E-state index in [1.807, 2.05) is 24.3 Å². The Morgan fingerprint density at radius 3 is 2.65 bits per heavy atom. The van der Waals surface area contributed by atoms with Crippen LogP contribution < -0.4 is 10.1 Å². The number of amides is 2. The Labute approximate surface area is 118 Å². The summed E-state index contributed by atoms with van der Waals surface area (Å²) in [4.78, 5) is 24.9. The number of nitrogens with one attached hydrogen (secondary N) is 1. The molecule has 0 spiro atoms. The van der Waals surface area contributed by atoms with Gasteiger partial charge in [0.15, 0.2) is 0 Å². The summed E-state index contributed by atoms with van der Waals surface area (Å²) in [5.74, 6) is 0.802. The molecule has 1 heterocycles. The van der Waals surface area contributed by atoms with Gasteiger partial charge < -0.3 is 15.0 Å². The standard InChI is InChI=1S/C15H20N2O3/c1-17-13(7-8-14(17)18)15(19)16-10-9-11-3-5-12(20-2)6-4-11/h3-6,13H,7-10H2,1-2H3,(H,16,19). The first-order chi connectivity index (χ1) is 9.61. The molecule has 0 saturated carbocycles. The van der Waals surface area contributed by atoms with E-state index in [0.29, 0.717) is 19.4 Å². The number of carbonyl (C=O) groups is 2. The molecule has 1 aromatic carbocycles. The molecule has 20 heavy (non-hydrogen) atoms. The first-order valence-corrected chi connectivity index (χ1v) is 6.78.